The minimum atomic E-state index is 0.509. The van der Waals surface area contributed by atoms with Gasteiger partial charge in [0.2, 0.25) is 0 Å². The summed E-state index contributed by atoms with van der Waals surface area (Å²) in [7, 11) is 0. The minimum Gasteiger partial charge on any atom is -0.399 e. The van der Waals surface area contributed by atoms with Crippen molar-refractivity contribution in [1.29, 1.82) is 0 Å². The summed E-state index contributed by atoms with van der Waals surface area (Å²) in [6.07, 6.45) is 3.02. The Morgan fingerprint density at radius 2 is 2.25 bits per heavy atom. The van der Waals surface area contributed by atoms with E-state index >= 15 is 0 Å². The van der Waals surface area contributed by atoms with Crippen molar-refractivity contribution in [3.05, 3.63) is 30.1 Å². The van der Waals surface area contributed by atoms with E-state index in [0.29, 0.717) is 5.92 Å². The molecule has 1 aliphatic rings. The lowest BCUT2D eigenvalue weighted by Crippen LogP contribution is -2.09. The molecule has 0 unspecified atom stereocenters. The average Bonchev–Trinajstić information content (AvgIpc) is 2.82. The van der Waals surface area contributed by atoms with Gasteiger partial charge in [-0.3, -0.25) is 4.98 Å². The van der Waals surface area contributed by atoms with Crippen LogP contribution in [0.4, 0.5) is 5.69 Å². The molecule has 1 aromatic heterocycles. The van der Waals surface area contributed by atoms with Crippen LogP contribution in [0.5, 0.6) is 0 Å². The normalized spacial score (nSPS) is 20.4. The number of nitrogens with zero attached hydrogens (tertiary/aromatic N) is 2. The zero-order valence-electron chi connectivity index (χ0n) is 8.98. The van der Waals surface area contributed by atoms with E-state index in [1.165, 1.54) is 0 Å². The predicted molar refractivity (Wildman–Crippen MR) is 64.2 cm³/mol. The molecule has 82 valence electrons. The summed E-state index contributed by atoms with van der Waals surface area (Å²) in [5.74, 6) is 0.509. The first kappa shape index (κ1) is 9.54. The van der Waals surface area contributed by atoms with Crippen molar-refractivity contribution < 1.29 is 0 Å². The lowest BCUT2D eigenvalue weighted by atomic mass is 10.1. The van der Waals surface area contributed by atoms with E-state index in [9.17, 15) is 0 Å². The minimum absolute atomic E-state index is 0.509. The molecule has 3 N–H and O–H groups in total. The van der Waals surface area contributed by atoms with Gasteiger partial charge in [0.1, 0.15) is 0 Å². The molecule has 0 spiro atoms. The number of rotatable bonds is 1. The van der Waals surface area contributed by atoms with Gasteiger partial charge in [0.05, 0.1) is 16.7 Å². The molecule has 1 fully saturated rings. The maximum Gasteiger partial charge on any atom is 0.0907 e. The third-order valence-electron chi connectivity index (χ3n) is 3.06. The first-order valence-corrected chi connectivity index (χ1v) is 5.56. The first-order valence-electron chi connectivity index (χ1n) is 5.56. The highest BCUT2D eigenvalue weighted by molar-refractivity contribution is 5.77. The molecule has 0 aliphatic carbocycles. The van der Waals surface area contributed by atoms with Gasteiger partial charge in [0, 0.05) is 24.3 Å². The molecule has 1 atom stereocenters. The van der Waals surface area contributed by atoms with Crippen molar-refractivity contribution in [2.24, 2.45) is 0 Å². The Balaban J connectivity index is 2.05. The number of nitrogens with one attached hydrogen (secondary N) is 1. The van der Waals surface area contributed by atoms with Crippen LogP contribution in [0.1, 0.15) is 18.0 Å². The summed E-state index contributed by atoms with van der Waals surface area (Å²) in [6.45, 7) is 2.08. The van der Waals surface area contributed by atoms with Gasteiger partial charge in [-0.05, 0) is 31.2 Å². The van der Waals surface area contributed by atoms with Crippen molar-refractivity contribution in [2.75, 3.05) is 18.8 Å². The van der Waals surface area contributed by atoms with Crippen LogP contribution < -0.4 is 11.1 Å². The number of hydrogen-bond donors (Lipinski definition) is 2. The number of nitrogen functional groups attached to an aromatic ring is 1. The maximum atomic E-state index is 5.71. The monoisotopic (exact) mass is 214 g/mol. The second-order valence-electron chi connectivity index (χ2n) is 4.23. The van der Waals surface area contributed by atoms with E-state index in [2.05, 4.69) is 15.3 Å². The predicted octanol–water partition coefficient (Wildman–Crippen LogP) is 1.29. The molecule has 0 saturated carbocycles. The average molecular weight is 214 g/mol. The number of aromatic nitrogens is 2. The van der Waals surface area contributed by atoms with E-state index in [-0.39, 0.29) is 0 Å². The van der Waals surface area contributed by atoms with Gasteiger partial charge in [0.25, 0.3) is 0 Å². The Kier molecular flexibility index (Phi) is 2.22. The van der Waals surface area contributed by atoms with Gasteiger partial charge in [-0.25, -0.2) is 4.98 Å². The van der Waals surface area contributed by atoms with Crippen LogP contribution in [-0.4, -0.2) is 23.1 Å². The van der Waals surface area contributed by atoms with Crippen LogP contribution in [0, 0.1) is 0 Å². The summed E-state index contributed by atoms with van der Waals surface area (Å²) < 4.78 is 0. The largest absolute Gasteiger partial charge is 0.399 e. The molecule has 0 amide bonds. The summed E-state index contributed by atoms with van der Waals surface area (Å²) in [6, 6.07) is 5.66. The SMILES string of the molecule is Nc1ccc2nc([C@H]3CCNC3)cnc2c1. The smallest absolute Gasteiger partial charge is 0.0907 e. The highest BCUT2D eigenvalue weighted by atomic mass is 14.9. The van der Waals surface area contributed by atoms with Crippen LogP contribution in [0.2, 0.25) is 0 Å². The second-order valence-corrected chi connectivity index (χ2v) is 4.23. The summed E-state index contributed by atoms with van der Waals surface area (Å²) in [5.41, 5.74) is 9.32. The van der Waals surface area contributed by atoms with E-state index in [1.54, 1.807) is 0 Å². The molecule has 2 aromatic rings. The van der Waals surface area contributed by atoms with Crippen molar-refractivity contribution in [3.63, 3.8) is 0 Å². The lowest BCUT2D eigenvalue weighted by molar-refractivity contribution is 0.734. The topological polar surface area (TPSA) is 63.8 Å². The van der Waals surface area contributed by atoms with E-state index < -0.39 is 0 Å². The van der Waals surface area contributed by atoms with Gasteiger partial charge in [-0.2, -0.15) is 0 Å². The number of anilines is 1. The van der Waals surface area contributed by atoms with Crippen LogP contribution in [0.15, 0.2) is 24.4 Å². The Bertz CT molecular complexity index is 517. The molecule has 4 heteroatoms. The van der Waals surface area contributed by atoms with E-state index in [1.807, 2.05) is 24.4 Å². The van der Waals surface area contributed by atoms with Gasteiger partial charge >= 0.3 is 0 Å². The molecule has 0 radical (unpaired) electrons. The van der Waals surface area contributed by atoms with Crippen LogP contribution in [0.3, 0.4) is 0 Å². The van der Waals surface area contributed by atoms with Crippen LogP contribution in [-0.2, 0) is 0 Å². The zero-order chi connectivity index (χ0) is 11.0. The maximum absolute atomic E-state index is 5.71. The standard InChI is InChI=1S/C12H14N4/c13-9-1-2-10-11(5-9)15-7-12(16-10)8-3-4-14-6-8/h1-2,5,7-8,14H,3-4,6,13H2/t8-/m0/s1. The fourth-order valence-electron chi connectivity index (χ4n) is 2.15. The van der Waals surface area contributed by atoms with E-state index in [0.717, 1.165) is 41.9 Å². The zero-order valence-corrected chi connectivity index (χ0v) is 8.98. The number of benzene rings is 1. The molecular formula is C12H14N4. The number of fused-ring (bicyclic) bond motifs is 1. The van der Waals surface area contributed by atoms with Gasteiger partial charge < -0.3 is 11.1 Å². The molecular weight excluding hydrogens is 200 g/mol. The number of nitrogens with two attached hydrogens (primary N) is 1. The summed E-state index contributed by atoms with van der Waals surface area (Å²) in [4.78, 5) is 9.06. The molecule has 1 aromatic carbocycles. The molecule has 1 aliphatic heterocycles. The molecule has 3 rings (SSSR count). The molecule has 4 nitrogen and oxygen atoms in total. The first-order chi connectivity index (χ1) is 7.83. The molecule has 2 heterocycles. The Morgan fingerprint density at radius 3 is 3.06 bits per heavy atom. The highest BCUT2D eigenvalue weighted by Gasteiger charge is 2.18. The third-order valence-corrected chi connectivity index (χ3v) is 3.06. The number of hydrogen-bond acceptors (Lipinski definition) is 4. The van der Waals surface area contributed by atoms with Gasteiger partial charge in [-0.1, -0.05) is 0 Å². The fourth-order valence-corrected chi connectivity index (χ4v) is 2.15. The van der Waals surface area contributed by atoms with E-state index in [4.69, 9.17) is 5.73 Å². The van der Waals surface area contributed by atoms with Crippen molar-refractivity contribution >= 4 is 16.7 Å². The molecule has 16 heavy (non-hydrogen) atoms. The third kappa shape index (κ3) is 1.61. The van der Waals surface area contributed by atoms with Crippen LogP contribution >= 0.6 is 0 Å². The second kappa shape index (κ2) is 3.72. The van der Waals surface area contributed by atoms with Gasteiger partial charge in [0.15, 0.2) is 0 Å². The van der Waals surface area contributed by atoms with Crippen molar-refractivity contribution in [3.8, 4) is 0 Å². The Hall–Kier alpha value is -1.68. The lowest BCUT2D eigenvalue weighted by Gasteiger charge is -2.08. The van der Waals surface area contributed by atoms with Crippen molar-refractivity contribution in [2.45, 2.75) is 12.3 Å². The summed E-state index contributed by atoms with van der Waals surface area (Å²) in [5, 5.41) is 3.34. The molecule has 1 saturated heterocycles. The fraction of sp³-hybridized carbons (Fsp3) is 0.333. The van der Waals surface area contributed by atoms with Crippen LogP contribution in [0.25, 0.3) is 11.0 Å². The Morgan fingerprint density at radius 1 is 1.31 bits per heavy atom. The molecule has 0 bridgehead atoms. The summed E-state index contributed by atoms with van der Waals surface area (Å²) >= 11 is 0. The van der Waals surface area contributed by atoms with Gasteiger partial charge in [-0.15, -0.1) is 0 Å². The quantitative estimate of drug-likeness (QED) is 0.702. The highest BCUT2D eigenvalue weighted by Crippen LogP contribution is 2.22. The Labute approximate surface area is 93.9 Å². The van der Waals surface area contributed by atoms with Crippen molar-refractivity contribution in [1.82, 2.24) is 15.3 Å².